The lowest BCUT2D eigenvalue weighted by atomic mass is 9.92. The predicted molar refractivity (Wildman–Crippen MR) is 119 cm³/mol. The Balaban J connectivity index is 1.13. The zero-order valence-electron chi connectivity index (χ0n) is 17.3. The van der Waals surface area contributed by atoms with Crippen LogP contribution < -0.4 is 5.32 Å². The van der Waals surface area contributed by atoms with Crippen LogP contribution >= 0.6 is 11.3 Å². The summed E-state index contributed by atoms with van der Waals surface area (Å²) in [7, 11) is 0. The molecule has 1 saturated carbocycles. The molecule has 1 N–H and O–H groups in total. The monoisotopic (exact) mass is 411 g/mol. The summed E-state index contributed by atoms with van der Waals surface area (Å²) >= 11 is 2.04. The van der Waals surface area contributed by atoms with Crippen LogP contribution in [0.3, 0.4) is 0 Å². The van der Waals surface area contributed by atoms with E-state index < -0.39 is 0 Å². The topological polar surface area (TPSA) is 45.2 Å². The summed E-state index contributed by atoms with van der Waals surface area (Å²) in [5.74, 6) is 1.69. The van der Waals surface area contributed by atoms with E-state index in [-0.39, 0.29) is 5.91 Å². The zero-order valence-corrected chi connectivity index (χ0v) is 18.1. The van der Waals surface area contributed by atoms with Crippen molar-refractivity contribution in [3.63, 3.8) is 0 Å². The lowest BCUT2D eigenvalue weighted by Gasteiger charge is -2.31. The fourth-order valence-corrected chi connectivity index (χ4v) is 5.91. The predicted octanol–water partition coefficient (Wildman–Crippen LogP) is 5.11. The molecule has 1 aliphatic heterocycles. The number of amides is 1. The molecule has 1 saturated heterocycles. The lowest BCUT2D eigenvalue weighted by molar-refractivity contribution is -0.121. The van der Waals surface area contributed by atoms with E-state index in [0.717, 1.165) is 24.4 Å². The van der Waals surface area contributed by atoms with Crippen LogP contribution in [0.25, 0.3) is 0 Å². The summed E-state index contributed by atoms with van der Waals surface area (Å²) in [6.45, 7) is 4.02. The molecule has 3 heterocycles. The maximum atomic E-state index is 12.1. The molecule has 0 radical (unpaired) electrons. The molecule has 2 aliphatic rings. The fourth-order valence-electron chi connectivity index (χ4n) is 4.69. The molecule has 1 amide bonds. The van der Waals surface area contributed by atoms with Crippen LogP contribution in [0.4, 0.5) is 0 Å². The number of pyridine rings is 1. The number of rotatable bonds is 8. The smallest absolute Gasteiger partial charge is 0.220 e. The first kappa shape index (κ1) is 20.5. The van der Waals surface area contributed by atoms with Gasteiger partial charge in [0.05, 0.1) is 0 Å². The van der Waals surface area contributed by atoms with Crippen LogP contribution in [0.1, 0.15) is 72.6 Å². The largest absolute Gasteiger partial charge is 0.352 e. The number of nitrogens with one attached hydrogen (secondary N) is 1. The van der Waals surface area contributed by atoms with E-state index in [4.69, 9.17) is 0 Å². The molecule has 4 nitrogen and oxygen atoms in total. The number of likely N-dealkylation sites (tertiary alicyclic amines) is 1. The van der Waals surface area contributed by atoms with E-state index in [1.807, 2.05) is 23.5 Å². The van der Waals surface area contributed by atoms with E-state index in [0.29, 0.717) is 18.9 Å². The SMILES string of the molecule is O=C(CCC1CCN(Cc2ccc(C3CCCC3)s2)CC1)NCc1cccnc1. The number of carbonyl (C=O) groups excluding carboxylic acids is 1. The highest BCUT2D eigenvalue weighted by molar-refractivity contribution is 7.12. The molecule has 5 heteroatoms. The van der Waals surface area contributed by atoms with Gasteiger partial charge < -0.3 is 5.32 Å². The van der Waals surface area contributed by atoms with Gasteiger partial charge in [0.1, 0.15) is 0 Å². The Bertz CT molecular complexity index is 761. The molecule has 0 spiro atoms. The summed E-state index contributed by atoms with van der Waals surface area (Å²) in [5.41, 5.74) is 1.05. The normalized spacial score (nSPS) is 18.9. The second-order valence-electron chi connectivity index (χ2n) is 8.68. The Morgan fingerprint density at radius 1 is 1.14 bits per heavy atom. The van der Waals surface area contributed by atoms with Crippen molar-refractivity contribution in [1.29, 1.82) is 0 Å². The van der Waals surface area contributed by atoms with Gasteiger partial charge in [-0.05, 0) is 80.8 Å². The van der Waals surface area contributed by atoms with Gasteiger partial charge in [-0.25, -0.2) is 0 Å². The Morgan fingerprint density at radius 3 is 2.72 bits per heavy atom. The molecule has 2 aromatic rings. The van der Waals surface area contributed by atoms with Crippen LogP contribution in [0.5, 0.6) is 0 Å². The van der Waals surface area contributed by atoms with Gasteiger partial charge in [0, 0.05) is 41.7 Å². The van der Waals surface area contributed by atoms with Crippen molar-refractivity contribution in [2.45, 2.75) is 70.4 Å². The first-order valence-corrected chi connectivity index (χ1v) is 12.0. The molecular formula is C24H33N3OS. The van der Waals surface area contributed by atoms with Crippen LogP contribution in [0.2, 0.25) is 0 Å². The van der Waals surface area contributed by atoms with E-state index in [2.05, 4.69) is 27.3 Å². The van der Waals surface area contributed by atoms with Crippen molar-refractivity contribution < 1.29 is 4.79 Å². The molecule has 4 rings (SSSR count). The van der Waals surface area contributed by atoms with Crippen LogP contribution in [0.15, 0.2) is 36.7 Å². The molecule has 2 aromatic heterocycles. The number of piperidine rings is 1. The fraction of sp³-hybridized carbons (Fsp3) is 0.583. The van der Waals surface area contributed by atoms with Gasteiger partial charge in [-0.2, -0.15) is 0 Å². The van der Waals surface area contributed by atoms with Gasteiger partial charge in [-0.1, -0.05) is 18.9 Å². The second-order valence-corrected chi connectivity index (χ2v) is 9.88. The van der Waals surface area contributed by atoms with Crippen molar-refractivity contribution in [3.8, 4) is 0 Å². The van der Waals surface area contributed by atoms with Crippen LogP contribution in [-0.4, -0.2) is 28.9 Å². The summed E-state index contributed by atoms with van der Waals surface area (Å²) in [6, 6.07) is 8.64. The zero-order chi connectivity index (χ0) is 19.9. The van der Waals surface area contributed by atoms with E-state index >= 15 is 0 Å². The number of hydrogen-bond donors (Lipinski definition) is 1. The second kappa shape index (κ2) is 10.4. The highest BCUT2D eigenvalue weighted by Crippen LogP contribution is 2.38. The molecule has 0 bridgehead atoms. The Morgan fingerprint density at radius 2 is 1.97 bits per heavy atom. The van der Waals surface area contributed by atoms with Crippen LogP contribution in [0, 0.1) is 5.92 Å². The Hall–Kier alpha value is -1.72. The molecule has 0 atom stereocenters. The van der Waals surface area contributed by atoms with Crippen molar-refractivity contribution in [2.75, 3.05) is 13.1 Å². The minimum absolute atomic E-state index is 0.161. The number of aromatic nitrogens is 1. The van der Waals surface area contributed by atoms with Gasteiger partial charge in [0.15, 0.2) is 0 Å². The summed E-state index contributed by atoms with van der Waals surface area (Å²) in [6.07, 6.45) is 13.2. The van der Waals surface area contributed by atoms with Gasteiger partial charge >= 0.3 is 0 Å². The van der Waals surface area contributed by atoms with E-state index in [1.54, 1.807) is 17.3 Å². The maximum Gasteiger partial charge on any atom is 0.220 e. The third-order valence-corrected chi connectivity index (χ3v) is 7.75. The Labute approximate surface area is 178 Å². The number of hydrogen-bond acceptors (Lipinski definition) is 4. The molecular weight excluding hydrogens is 378 g/mol. The van der Waals surface area contributed by atoms with Crippen LogP contribution in [-0.2, 0) is 17.9 Å². The van der Waals surface area contributed by atoms with E-state index in [1.165, 1.54) is 56.5 Å². The Kier molecular flexibility index (Phi) is 7.33. The van der Waals surface area contributed by atoms with Crippen molar-refractivity contribution in [2.24, 2.45) is 5.92 Å². The molecule has 156 valence electrons. The number of carbonyl (C=O) groups is 1. The highest BCUT2D eigenvalue weighted by atomic mass is 32.1. The van der Waals surface area contributed by atoms with Crippen molar-refractivity contribution in [1.82, 2.24) is 15.2 Å². The highest BCUT2D eigenvalue weighted by Gasteiger charge is 2.22. The standard InChI is InChI=1S/C24H33N3OS/c28-24(26-17-20-4-3-13-25-16-20)10-7-19-11-14-27(15-12-19)18-22-8-9-23(29-22)21-5-1-2-6-21/h3-4,8-9,13,16,19,21H,1-2,5-7,10-12,14-15,17-18H2,(H,26,28). The third kappa shape index (κ3) is 6.13. The van der Waals surface area contributed by atoms with Gasteiger partial charge in [-0.15, -0.1) is 11.3 Å². The first-order valence-electron chi connectivity index (χ1n) is 11.2. The van der Waals surface area contributed by atoms with Crippen molar-refractivity contribution >= 4 is 17.2 Å². The summed E-state index contributed by atoms with van der Waals surface area (Å²) in [5, 5.41) is 3.02. The first-order chi connectivity index (χ1) is 14.3. The van der Waals surface area contributed by atoms with Gasteiger partial charge in [-0.3, -0.25) is 14.7 Å². The lowest BCUT2D eigenvalue weighted by Crippen LogP contribution is -2.33. The third-order valence-electron chi connectivity index (χ3n) is 6.52. The minimum atomic E-state index is 0.161. The summed E-state index contributed by atoms with van der Waals surface area (Å²) in [4.78, 5) is 22.0. The molecule has 2 fully saturated rings. The van der Waals surface area contributed by atoms with Gasteiger partial charge in [0.2, 0.25) is 5.91 Å². The average molecular weight is 412 g/mol. The quantitative estimate of drug-likeness (QED) is 0.656. The minimum Gasteiger partial charge on any atom is -0.352 e. The number of thiophene rings is 1. The number of nitrogens with zero attached hydrogens (tertiary/aromatic N) is 2. The molecule has 1 aliphatic carbocycles. The molecule has 0 unspecified atom stereocenters. The summed E-state index contributed by atoms with van der Waals surface area (Å²) < 4.78 is 0. The molecule has 29 heavy (non-hydrogen) atoms. The average Bonchev–Trinajstić information content (AvgIpc) is 3.44. The molecule has 0 aromatic carbocycles. The maximum absolute atomic E-state index is 12.1. The van der Waals surface area contributed by atoms with E-state index in [9.17, 15) is 4.79 Å². The van der Waals surface area contributed by atoms with Crippen molar-refractivity contribution in [3.05, 3.63) is 52.0 Å². The van der Waals surface area contributed by atoms with Gasteiger partial charge in [0.25, 0.3) is 0 Å².